The molecule has 18 nitrogen and oxygen atoms in total. The van der Waals surface area contributed by atoms with Gasteiger partial charge >= 0.3 is 28.5 Å². The van der Waals surface area contributed by atoms with Crippen LogP contribution in [0, 0.1) is 0 Å². The molecule has 0 aromatic carbocycles. The topological polar surface area (TPSA) is 232 Å². The van der Waals surface area contributed by atoms with Crippen molar-refractivity contribution in [2.24, 2.45) is 5.16 Å². The summed E-state index contributed by atoms with van der Waals surface area (Å²) in [4.78, 5) is 72.4. The first kappa shape index (κ1) is 33.5. The molecule has 1 aromatic heterocycles. The summed E-state index contributed by atoms with van der Waals surface area (Å²) < 4.78 is 48.4. The fraction of sp³-hybridized carbons (Fsp3) is 0.609. The molecule has 238 valence electrons. The molecular formula is C23H32N6O12S2. The third-order valence-electron chi connectivity index (χ3n) is 5.28. The molecule has 0 radical (unpaired) electrons. The average Bonchev–Trinajstić information content (AvgIpc) is 3.45. The first-order valence-corrected chi connectivity index (χ1v) is 14.9. The fourth-order valence-electron chi connectivity index (χ4n) is 3.72. The number of cyclic esters (lactones) is 1. The van der Waals surface area contributed by atoms with E-state index < -0.39 is 82.4 Å². The minimum atomic E-state index is -5.04. The number of nitrogens with one attached hydrogen (secondary N) is 2. The Labute approximate surface area is 250 Å². The van der Waals surface area contributed by atoms with Crippen LogP contribution in [0.2, 0.25) is 0 Å². The van der Waals surface area contributed by atoms with E-state index in [1.165, 1.54) is 5.38 Å². The highest BCUT2D eigenvalue weighted by Gasteiger charge is 2.55. The van der Waals surface area contributed by atoms with E-state index in [0.29, 0.717) is 0 Å². The largest absolute Gasteiger partial charge is 0.457 e. The van der Waals surface area contributed by atoms with E-state index >= 15 is 0 Å². The van der Waals surface area contributed by atoms with Crippen LogP contribution < -0.4 is 10.6 Å². The van der Waals surface area contributed by atoms with Gasteiger partial charge in [-0.15, -0.1) is 11.3 Å². The predicted octanol–water partition coefficient (Wildman–Crippen LogP) is 0.503. The molecule has 0 aliphatic carbocycles. The molecule has 2 atom stereocenters. The molecule has 0 saturated carbocycles. The van der Waals surface area contributed by atoms with Crippen LogP contribution in [-0.4, -0.2) is 112 Å². The Balaban J connectivity index is 1.84. The standard InChI is InChI=1S/C23H32N6O12S2/c1-22(2,3)40-14(30)10-39-27-15(12-11-42-19(24-12)26-20(33)41-23(4,5)6)17(31)25-16-13(9-28-7-8-38-21(28)34)29(18(16)32)43(35,36)37/h11,13,16H,7-10H2,1-6H3,(H,25,31)(H,24,26,33)(H,35,36,37)/b27-15+/t13-,16+/m1/s1. The molecule has 43 heavy (non-hydrogen) atoms. The van der Waals surface area contributed by atoms with Gasteiger partial charge in [-0.25, -0.2) is 23.7 Å². The third kappa shape index (κ3) is 9.22. The summed E-state index contributed by atoms with van der Waals surface area (Å²) in [6.45, 7) is 8.86. The summed E-state index contributed by atoms with van der Waals surface area (Å²) in [6, 6.07) is -2.92. The van der Waals surface area contributed by atoms with E-state index in [1.54, 1.807) is 41.5 Å². The van der Waals surface area contributed by atoms with Gasteiger partial charge in [-0.05, 0) is 41.5 Å². The van der Waals surface area contributed by atoms with E-state index in [2.05, 4.69) is 20.8 Å². The number of β-lactam (4-membered cyclic amide) rings is 1. The molecule has 1 aromatic rings. The van der Waals surface area contributed by atoms with Gasteiger partial charge in [-0.2, -0.15) is 8.42 Å². The van der Waals surface area contributed by atoms with Crippen molar-refractivity contribution in [3.63, 3.8) is 0 Å². The van der Waals surface area contributed by atoms with Crippen LogP contribution in [0.3, 0.4) is 0 Å². The van der Waals surface area contributed by atoms with Gasteiger partial charge in [0.25, 0.3) is 11.8 Å². The first-order chi connectivity index (χ1) is 19.7. The first-order valence-electron chi connectivity index (χ1n) is 12.7. The number of nitrogens with zero attached hydrogens (tertiary/aromatic N) is 4. The lowest BCUT2D eigenvalue weighted by Gasteiger charge is -2.45. The van der Waals surface area contributed by atoms with Crippen molar-refractivity contribution in [1.82, 2.24) is 19.5 Å². The Morgan fingerprint density at radius 1 is 1.16 bits per heavy atom. The molecule has 2 aliphatic heterocycles. The van der Waals surface area contributed by atoms with Crippen LogP contribution in [-0.2, 0) is 43.7 Å². The van der Waals surface area contributed by atoms with Crippen molar-refractivity contribution in [2.75, 3.05) is 31.6 Å². The van der Waals surface area contributed by atoms with E-state index in [-0.39, 0.29) is 28.3 Å². The average molecular weight is 649 g/mol. The second-order valence-electron chi connectivity index (χ2n) is 11.2. The van der Waals surface area contributed by atoms with E-state index in [0.717, 1.165) is 16.2 Å². The van der Waals surface area contributed by atoms with Gasteiger partial charge < -0.3 is 29.3 Å². The smallest absolute Gasteiger partial charge is 0.413 e. The highest BCUT2D eigenvalue weighted by molar-refractivity contribution is 7.84. The molecule has 2 saturated heterocycles. The van der Waals surface area contributed by atoms with Crippen LogP contribution >= 0.6 is 11.3 Å². The number of amides is 4. The highest BCUT2D eigenvalue weighted by Crippen LogP contribution is 2.26. The van der Waals surface area contributed by atoms with Crippen molar-refractivity contribution >= 4 is 62.5 Å². The second-order valence-corrected chi connectivity index (χ2v) is 13.3. The molecule has 0 bridgehead atoms. The van der Waals surface area contributed by atoms with Gasteiger partial charge in [0.2, 0.25) is 6.61 Å². The number of carbonyl (C=O) groups is 5. The zero-order valence-electron chi connectivity index (χ0n) is 24.1. The van der Waals surface area contributed by atoms with Crippen molar-refractivity contribution < 1.29 is 56.0 Å². The lowest BCUT2D eigenvalue weighted by Crippen LogP contribution is -2.74. The summed E-state index contributed by atoms with van der Waals surface area (Å²) in [5.41, 5.74) is -2.35. The molecule has 3 heterocycles. The second kappa shape index (κ2) is 12.7. The van der Waals surface area contributed by atoms with Crippen LogP contribution in [0.15, 0.2) is 10.5 Å². The number of hydrogen-bond acceptors (Lipinski definition) is 14. The Morgan fingerprint density at radius 2 is 1.81 bits per heavy atom. The number of hydrogen-bond donors (Lipinski definition) is 3. The summed E-state index contributed by atoms with van der Waals surface area (Å²) in [5.74, 6) is -3.09. The number of thiazole rings is 1. The molecule has 4 amide bonds. The van der Waals surface area contributed by atoms with E-state index in [9.17, 15) is 36.9 Å². The molecule has 3 N–H and O–H groups in total. The number of rotatable bonds is 10. The normalized spacial score (nSPS) is 19.4. The van der Waals surface area contributed by atoms with Gasteiger partial charge in [0, 0.05) is 11.9 Å². The third-order valence-corrected chi connectivity index (χ3v) is 6.99. The zero-order valence-corrected chi connectivity index (χ0v) is 25.7. The van der Waals surface area contributed by atoms with Gasteiger partial charge in [0.15, 0.2) is 10.8 Å². The number of anilines is 1. The predicted molar refractivity (Wildman–Crippen MR) is 147 cm³/mol. The summed E-state index contributed by atoms with van der Waals surface area (Å²) in [5, 5.41) is 9.70. The van der Waals surface area contributed by atoms with Crippen molar-refractivity contribution in [3.8, 4) is 0 Å². The Bertz CT molecular complexity index is 1410. The number of esters is 1. The van der Waals surface area contributed by atoms with Crippen LogP contribution in [0.1, 0.15) is 47.2 Å². The highest BCUT2D eigenvalue weighted by atomic mass is 32.2. The molecule has 3 rings (SSSR count). The zero-order chi connectivity index (χ0) is 32.3. The van der Waals surface area contributed by atoms with E-state index in [1.807, 2.05) is 0 Å². The van der Waals surface area contributed by atoms with Crippen LogP contribution in [0.5, 0.6) is 0 Å². The molecule has 2 aliphatic rings. The Morgan fingerprint density at radius 3 is 2.37 bits per heavy atom. The molecule has 0 unspecified atom stereocenters. The minimum Gasteiger partial charge on any atom is -0.457 e. The number of oxime groups is 1. The maximum atomic E-state index is 13.3. The Hall–Kier alpha value is -4.04. The Kier molecular flexibility index (Phi) is 9.86. The number of ether oxygens (including phenoxy) is 3. The summed E-state index contributed by atoms with van der Waals surface area (Å²) in [6.07, 6.45) is -1.60. The van der Waals surface area contributed by atoms with Crippen molar-refractivity contribution in [1.29, 1.82) is 0 Å². The number of aromatic nitrogens is 1. The van der Waals surface area contributed by atoms with Crippen molar-refractivity contribution in [2.45, 2.75) is 64.8 Å². The summed E-state index contributed by atoms with van der Waals surface area (Å²) in [7, 11) is -5.04. The van der Waals surface area contributed by atoms with Gasteiger partial charge in [-0.1, -0.05) is 5.16 Å². The minimum absolute atomic E-state index is 0.000385. The van der Waals surface area contributed by atoms with Gasteiger partial charge in [0.05, 0.1) is 12.6 Å². The summed E-state index contributed by atoms with van der Waals surface area (Å²) >= 11 is 0.886. The molecule has 20 heteroatoms. The van der Waals surface area contributed by atoms with Gasteiger partial charge in [-0.3, -0.25) is 19.5 Å². The lowest BCUT2D eigenvalue weighted by molar-refractivity contribution is -0.160. The molecule has 0 spiro atoms. The maximum Gasteiger partial charge on any atom is 0.413 e. The molecular weight excluding hydrogens is 616 g/mol. The van der Waals surface area contributed by atoms with Crippen LogP contribution in [0.4, 0.5) is 14.7 Å². The fourth-order valence-corrected chi connectivity index (χ4v) is 5.28. The molecule has 2 fully saturated rings. The number of carbonyl (C=O) groups excluding carboxylic acids is 5. The quantitative estimate of drug-likeness (QED) is 0.0784. The SMILES string of the molecule is CC(C)(C)OC(=O)CO/N=C(/C(=O)N[C@@H]1C(=O)N(S(=O)(=O)O)[C@@H]1CN1CCOC1=O)c1csc(NC(=O)OC(C)(C)C)n1. The monoisotopic (exact) mass is 648 g/mol. The maximum absolute atomic E-state index is 13.3. The van der Waals surface area contributed by atoms with E-state index in [4.69, 9.17) is 19.0 Å². The van der Waals surface area contributed by atoms with Crippen molar-refractivity contribution in [3.05, 3.63) is 11.1 Å². The lowest BCUT2D eigenvalue weighted by atomic mass is 9.97. The van der Waals surface area contributed by atoms with Gasteiger partial charge in [0.1, 0.15) is 29.5 Å². The van der Waals surface area contributed by atoms with Crippen LogP contribution in [0.25, 0.3) is 0 Å².